The summed E-state index contributed by atoms with van der Waals surface area (Å²) in [5.41, 5.74) is 0.375. The van der Waals surface area contributed by atoms with Crippen LogP contribution in [-0.2, 0) is 6.54 Å². The zero-order valence-electron chi connectivity index (χ0n) is 9.92. The first-order valence-corrected chi connectivity index (χ1v) is 6.01. The highest BCUT2D eigenvalue weighted by Gasteiger charge is 2.23. The maximum atomic E-state index is 12.9. The minimum atomic E-state index is -2.53. The largest absolute Gasteiger partial charge is 0.316 e. The van der Waals surface area contributed by atoms with Gasteiger partial charge in [0, 0.05) is 24.2 Å². The maximum Gasteiger partial charge on any atom is 0.280 e. The number of nitrogens with zero attached hydrogens (tertiary/aromatic N) is 2. The van der Waals surface area contributed by atoms with E-state index in [1.165, 1.54) is 0 Å². The predicted octanol–water partition coefficient (Wildman–Crippen LogP) is 2.79. The Kier molecular flexibility index (Phi) is 3.99. The van der Waals surface area contributed by atoms with Gasteiger partial charge in [0.05, 0.1) is 0 Å². The first kappa shape index (κ1) is 12.4. The van der Waals surface area contributed by atoms with E-state index in [1.807, 2.05) is 0 Å². The van der Waals surface area contributed by atoms with Gasteiger partial charge in [0.1, 0.15) is 11.5 Å². The van der Waals surface area contributed by atoms with Crippen LogP contribution < -0.4 is 5.32 Å². The molecule has 0 spiro atoms. The summed E-state index contributed by atoms with van der Waals surface area (Å²) in [6, 6.07) is 0. The van der Waals surface area contributed by atoms with E-state index in [-0.39, 0.29) is 11.6 Å². The molecule has 0 unspecified atom stereocenters. The van der Waals surface area contributed by atoms with Crippen LogP contribution in [0.15, 0.2) is 6.20 Å². The standard InChI is InChI=1S/C12H17F2N3/c1-15-6-9-7-16-12(8-4-2-3-5-8)17-10(9)11(13)14/h7-8,11,15H,2-6H2,1H3. The molecule has 0 saturated heterocycles. The van der Waals surface area contributed by atoms with Gasteiger partial charge in [-0.2, -0.15) is 0 Å². The molecule has 1 N–H and O–H groups in total. The molecule has 1 aliphatic carbocycles. The molecule has 1 fully saturated rings. The molecule has 0 radical (unpaired) electrons. The van der Waals surface area contributed by atoms with Crippen molar-refractivity contribution >= 4 is 0 Å². The Morgan fingerprint density at radius 2 is 2.12 bits per heavy atom. The van der Waals surface area contributed by atoms with E-state index in [9.17, 15) is 8.78 Å². The number of hydrogen-bond acceptors (Lipinski definition) is 3. The van der Waals surface area contributed by atoms with Gasteiger partial charge in [-0.05, 0) is 19.9 Å². The highest BCUT2D eigenvalue weighted by molar-refractivity contribution is 5.20. The van der Waals surface area contributed by atoms with Crippen LogP contribution in [0.25, 0.3) is 0 Å². The fraction of sp³-hybridized carbons (Fsp3) is 0.667. The Morgan fingerprint density at radius 3 is 2.71 bits per heavy atom. The van der Waals surface area contributed by atoms with Crippen molar-refractivity contribution in [2.24, 2.45) is 0 Å². The Bertz CT molecular complexity index is 376. The van der Waals surface area contributed by atoms with Crippen molar-refractivity contribution in [3.05, 3.63) is 23.3 Å². The molecule has 1 heterocycles. The molecule has 2 rings (SSSR count). The van der Waals surface area contributed by atoms with E-state index in [0.29, 0.717) is 17.9 Å². The summed E-state index contributed by atoms with van der Waals surface area (Å²) in [4.78, 5) is 8.31. The third-order valence-electron chi connectivity index (χ3n) is 3.21. The van der Waals surface area contributed by atoms with Crippen molar-refractivity contribution in [3.8, 4) is 0 Å². The Hall–Kier alpha value is -1.10. The summed E-state index contributed by atoms with van der Waals surface area (Å²) in [6.45, 7) is 0.380. The van der Waals surface area contributed by atoms with Crippen molar-refractivity contribution in [2.45, 2.75) is 44.6 Å². The normalized spacial score (nSPS) is 16.9. The number of halogens is 2. The fourth-order valence-corrected chi connectivity index (χ4v) is 2.33. The molecule has 0 amide bonds. The molecule has 0 atom stereocenters. The van der Waals surface area contributed by atoms with Crippen LogP contribution in [0.2, 0.25) is 0 Å². The van der Waals surface area contributed by atoms with Crippen LogP contribution in [0.3, 0.4) is 0 Å². The molecular formula is C12H17F2N3. The average molecular weight is 241 g/mol. The molecule has 1 aromatic heterocycles. The molecule has 17 heavy (non-hydrogen) atoms. The van der Waals surface area contributed by atoms with Crippen LogP contribution in [-0.4, -0.2) is 17.0 Å². The molecule has 5 heteroatoms. The summed E-state index contributed by atoms with van der Waals surface area (Å²) in [7, 11) is 1.72. The molecule has 1 aromatic rings. The van der Waals surface area contributed by atoms with Crippen molar-refractivity contribution in [3.63, 3.8) is 0 Å². The summed E-state index contributed by atoms with van der Waals surface area (Å²) in [5, 5.41) is 2.85. The maximum absolute atomic E-state index is 12.9. The Morgan fingerprint density at radius 1 is 1.41 bits per heavy atom. The lowest BCUT2D eigenvalue weighted by Crippen LogP contribution is -2.12. The second-order valence-electron chi connectivity index (χ2n) is 4.45. The molecule has 0 aromatic carbocycles. The number of rotatable bonds is 4. The van der Waals surface area contributed by atoms with Crippen molar-refractivity contribution in [1.82, 2.24) is 15.3 Å². The van der Waals surface area contributed by atoms with Crippen molar-refractivity contribution < 1.29 is 8.78 Å². The zero-order valence-corrected chi connectivity index (χ0v) is 9.92. The van der Waals surface area contributed by atoms with Gasteiger partial charge in [-0.3, -0.25) is 0 Å². The van der Waals surface area contributed by atoms with Gasteiger partial charge in [-0.25, -0.2) is 18.7 Å². The van der Waals surface area contributed by atoms with Gasteiger partial charge in [-0.15, -0.1) is 0 Å². The summed E-state index contributed by atoms with van der Waals surface area (Å²) in [6.07, 6.45) is 3.36. The first-order valence-electron chi connectivity index (χ1n) is 6.01. The topological polar surface area (TPSA) is 37.8 Å². The summed E-state index contributed by atoms with van der Waals surface area (Å²) < 4.78 is 25.8. The lowest BCUT2D eigenvalue weighted by molar-refractivity contribution is 0.144. The third-order valence-corrected chi connectivity index (χ3v) is 3.21. The minimum absolute atomic E-state index is 0.115. The van der Waals surface area contributed by atoms with E-state index >= 15 is 0 Å². The van der Waals surface area contributed by atoms with Crippen LogP contribution in [0.5, 0.6) is 0 Å². The van der Waals surface area contributed by atoms with E-state index < -0.39 is 6.43 Å². The monoisotopic (exact) mass is 241 g/mol. The quantitative estimate of drug-likeness (QED) is 0.880. The number of alkyl halides is 2. The summed E-state index contributed by atoms with van der Waals surface area (Å²) in [5.74, 6) is 0.869. The van der Waals surface area contributed by atoms with Crippen LogP contribution >= 0.6 is 0 Å². The lowest BCUT2D eigenvalue weighted by Gasteiger charge is -2.12. The Balaban J connectivity index is 2.27. The van der Waals surface area contributed by atoms with Gasteiger partial charge in [0.2, 0.25) is 0 Å². The van der Waals surface area contributed by atoms with Crippen molar-refractivity contribution in [1.29, 1.82) is 0 Å². The minimum Gasteiger partial charge on any atom is -0.316 e. The van der Waals surface area contributed by atoms with E-state index in [1.54, 1.807) is 13.2 Å². The highest BCUT2D eigenvalue weighted by Crippen LogP contribution is 2.33. The van der Waals surface area contributed by atoms with E-state index in [4.69, 9.17) is 0 Å². The van der Waals surface area contributed by atoms with Crippen LogP contribution in [0, 0.1) is 0 Å². The zero-order chi connectivity index (χ0) is 12.3. The average Bonchev–Trinajstić information content (AvgIpc) is 2.83. The van der Waals surface area contributed by atoms with Gasteiger partial charge >= 0.3 is 0 Å². The van der Waals surface area contributed by atoms with Gasteiger partial charge in [0.25, 0.3) is 6.43 Å². The summed E-state index contributed by atoms with van der Waals surface area (Å²) >= 11 is 0. The van der Waals surface area contributed by atoms with Gasteiger partial charge in [-0.1, -0.05) is 12.8 Å². The second-order valence-corrected chi connectivity index (χ2v) is 4.45. The smallest absolute Gasteiger partial charge is 0.280 e. The molecule has 0 bridgehead atoms. The van der Waals surface area contributed by atoms with E-state index in [2.05, 4.69) is 15.3 Å². The van der Waals surface area contributed by atoms with Gasteiger partial charge in [0.15, 0.2) is 0 Å². The Labute approximate surface area is 99.7 Å². The fourth-order valence-electron chi connectivity index (χ4n) is 2.33. The second kappa shape index (κ2) is 5.49. The third kappa shape index (κ3) is 2.77. The molecule has 94 valence electrons. The lowest BCUT2D eigenvalue weighted by atomic mass is 10.1. The number of aromatic nitrogens is 2. The predicted molar refractivity (Wildman–Crippen MR) is 61.0 cm³/mol. The number of hydrogen-bond donors (Lipinski definition) is 1. The van der Waals surface area contributed by atoms with Gasteiger partial charge < -0.3 is 5.32 Å². The molecule has 3 nitrogen and oxygen atoms in total. The van der Waals surface area contributed by atoms with E-state index in [0.717, 1.165) is 25.7 Å². The molecule has 1 saturated carbocycles. The highest BCUT2D eigenvalue weighted by atomic mass is 19.3. The first-order chi connectivity index (χ1) is 8.22. The molecular weight excluding hydrogens is 224 g/mol. The SMILES string of the molecule is CNCc1cnc(C2CCCC2)nc1C(F)F. The molecule has 0 aliphatic heterocycles. The molecule has 1 aliphatic rings. The van der Waals surface area contributed by atoms with Crippen LogP contribution in [0.4, 0.5) is 8.78 Å². The van der Waals surface area contributed by atoms with Crippen LogP contribution in [0.1, 0.15) is 55.1 Å². The van der Waals surface area contributed by atoms with Crippen molar-refractivity contribution in [2.75, 3.05) is 7.05 Å². The number of nitrogens with one attached hydrogen (secondary N) is 1.